The molecule has 4 rings (SSSR count). The van der Waals surface area contributed by atoms with E-state index in [1.807, 2.05) is 6.07 Å². The van der Waals surface area contributed by atoms with Gasteiger partial charge in [0.15, 0.2) is 0 Å². The highest BCUT2D eigenvalue weighted by Gasteiger charge is 2.50. The zero-order valence-electron chi connectivity index (χ0n) is 21.6. The number of esters is 1. The van der Waals surface area contributed by atoms with Crippen LogP contribution in [0, 0.1) is 0 Å². The fraction of sp³-hybridized carbons (Fsp3) is 0.300. The van der Waals surface area contributed by atoms with Crippen molar-refractivity contribution in [2.75, 3.05) is 6.61 Å². The van der Waals surface area contributed by atoms with Crippen molar-refractivity contribution in [2.24, 2.45) is 0 Å². The van der Waals surface area contributed by atoms with Gasteiger partial charge in [0.25, 0.3) is 8.32 Å². The molecule has 0 bridgehead atoms. The smallest absolute Gasteiger partial charge is 0.308 e. The second kappa shape index (κ2) is 11.0. The Kier molecular flexibility index (Phi) is 8.20. The maximum Gasteiger partial charge on any atom is 0.308 e. The molecule has 1 aromatic heterocycles. The third-order valence-electron chi connectivity index (χ3n) is 6.61. The lowest BCUT2D eigenvalue weighted by Crippen LogP contribution is -2.66. The highest BCUT2D eigenvalue weighted by molar-refractivity contribution is 9.11. The van der Waals surface area contributed by atoms with Crippen LogP contribution in [-0.2, 0) is 22.1 Å². The van der Waals surface area contributed by atoms with E-state index in [1.54, 1.807) is 11.3 Å². The van der Waals surface area contributed by atoms with E-state index < -0.39 is 8.32 Å². The fourth-order valence-corrected chi connectivity index (χ4v) is 11.5. The zero-order chi connectivity index (χ0) is 25.9. The van der Waals surface area contributed by atoms with Crippen LogP contribution in [-0.4, -0.2) is 20.9 Å². The van der Waals surface area contributed by atoms with Gasteiger partial charge in [-0.05, 0) is 67.4 Å². The molecule has 0 N–H and O–H groups in total. The number of hydrogen-bond donors (Lipinski definition) is 0. The minimum absolute atomic E-state index is 0.0808. The molecule has 0 amide bonds. The number of fused-ring (bicyclic) bond motifs is 1. The van der Waals surface area contributed by atoms with Crippen molar-refractivity contribution >= 4 is 62.0 Å². The van der Waals surface area contributed by atoms with E-state index in [1.165, 1.54) is 17.3 Å². The van der Waals surface area contributed by atoms with Gasteiger partial charge < -0.3 is 9.16 Å². The first-order chi connectivity index (χ1) is 17.2. The quantitative estimate of drug-likeness (QED) is 0.125. The summed E-state index contributed by atoms with van der Waals surface area (Å²) in [4.78, 5) is 11.9. The first-order valence-electron chi connectivity index (χ1n) is 12.3. The third-order valence-corrected chi connectivity index (χ3v) is 13.6. The maximum absolute atomic E-state index is 11.9. The zero-order valence-corrected chi connectivity index (χ0v) is 25.0. The Labute approximate surface area is 227 Å². The molecule has 0 radical (unpaired) electrons. The van der Waals surface area contributed by atoms with Gasteiger partial charge in [-0.1, -0.05) is 88.4 Å². The number of ether oxygens (including phenoxy) is 1. The van der Waals surface area contributed by atoms with Crippen LogP contribution in [0.2, 0.25) is 5.04 Å². The maximum atomic E-state index is 11.9. The number of thiophene rings is 1. The monoisotopic (exact) mass is 580 g/mol. The average Bonchev–Trinajstić information content (AvgIpc) is 3.16. The summed E-state index contributed by atoms with van der Waals surface area (Å²) in [5.74, 6) is 0.334. The molecule has 0 aliphatic heterocycles. The topological polar surface area (TPSA) is 35.5 Å². The second-order valence-corrected chi connectivity index (χ2v) is 16.7. The minimum Gasteiger partial charge on any atom is -0.426 e. The largest absolute Gasteiger partial charge is 0.426 e. The Hall–Kier alpha value is -2.25. The highest BCUT2D eigenvalue weighted by Crippen LogP contribution is 2.42. The van der Waals surface area contributed by atoms with Gasteiger partial charge in [0, 0.05) is 23.6 Å². The highest BCUT2D eigenvalue weighted by atomic mass is 79.9. The van der Waals surface area contributed by atoms with Crippen LogP contribution in [0.5, 0.6) is 5.75 Å². The number of hydrogen-bond acceptors (Lipinski definition) is 4. The van der Waals surface area contributed by atoms with Gasteiger partial charge in [0.1, 0.15) is 5.75 Å². The van der Waals surface area contributed by atoms with Gasteiger partial charge in [-0.25, -0.2) is 0 Å². The number of carbonyl (C=O) groups excluding carboxylic acids is 1. The molecule has 0 fully saturated rings. The molecule has 0 saturated carbocycles. The lowest BCUT2D eigenvalue weighted by atomic mass is 10.1. The van der Waals surface area contributed by atoms with Gasteiger partial charge in [-0.15, -0.1) is 11.3 Å². The van der Waals surface area contributed by atoms with Gasteiger partial charge >= 0.3 is 5.97 Å². The van der Waals surface area contributed by atoms with Crippen LogP contribution in [0.15, 0.2) is 76.6 Å². The van der Waals surface area contributed by atoms with Crippen molar-refractivity contribution in [3.8, 4) is 5.75 Å². The van der Waals surface area contributed by atoms with Crippen LogP contribution < -0.4 is 15.1 Å². The summed E-state index contributed by atoms with van der Waals surface area (Å²) in [6, 6.07) is 25.6. The first-order valence-corrected chi connectivity index (χ1v) is 15.9. The van der Waals surface area contributed by atoms with Gasteiger partial charge in [0.2, 0.25) is 0 Å². The standard InChI is InChI=1S/C30H33BrO3SSi/c1-6-22-19-26(34-21(2)32)28-25(29(31)35-27(28)20-22)17-18-33-36(30(3,4)5,23-13-9-7-10-14-23)24-15-11-8-12-16-24/h7-16,19-20H,6,17-18H2,1-5H3. The molecular formula is C30H33BrO3SSi. The predicted molar refractivity (Wildman–Crippen MR) is 157 cm³/mol. The van der Waals surface area contributed by atoms with E-state index >= 15 is 0 Å². The number of halogens is 1. The molecule has 4 aromatic rings. The minimum atomic E-state index is -2.62. The molecule has 0 saturated heterocycles. The summed E-state index contributed by atoms with van der Waals surface area (Å²) in [5.41, 5.74) is 2.29. The first kappa shape index (κ1) is 26.8. The van der Waals surface area contributed by atoms with E-state index in [2.05, 4.69) is 110 Å². The Morgan fingerprint density at radius 3 is 2.06 bits per heavy atom. The average molecular weight is 582 g/mol. The Balaban J connectivity index is 1.75. The van der Waals surface area contributed by atoms with Crippen molar-refractivity contribution in [3.63, 3.8) is 0 Å². The molecule has 0 spiro atoms. The molecular weight excluding hydrogens is 548 g/mol. The molecule has 0 aliphatic carbocycles. The molecule has 6 heteroatoms. The summed E-state index contributed by atoms with van der Waals surface area (Å²) in [6.07, 6.45) is 1.59. The van der Waals surface area contributed by atoms with Gasteiger partial charge in [-0.3, -0.25) is 4.79 Å². The molecule has 3 aromatic carbocycles. The summed E-state index contributed by atoms with van der Waals surface area (Å²) in [7, 11) is -2.62. The van der Waals surface area contributed by atoms with E-state index in [0.29, 0.717) is 18.8 Å². The Morgan fingerprint density at radius 1 is 0.972 bits per heavy atom. The van der Waals surface area contributed by atoms with E-state index in [4.69, 9.17) is 9.16 Å². The van der Waals surface area contributed by atoms with Crippen LogP contribution in [0.3, 0.4) is 0 Å². The Bertz CT molecular complexity index is 1300. The van der Waals surface area contributed by atoms with E-state index in [9.17, 15) is 4.79 Å². The molecule has 3 nitrogen and oxygen atoms in total. The number of rotatable bonds is 8. The van der Waals surface area contributed by atoms with Crippen LogP contribution >= 0.6 is 27.3 Å². The fourth-order valence-electron chi connectivity index (χ4n) is 5.01. The lowest BCUT2D eigenvalue weighted by Gasteiger charge is -2.43. The SMILES string of the molecule is CCc1cc(OC(C)=O)c2c(CCO[Si](c3ccccc3)(c3ccccc3)C(C)(C)C)c(Br)sc2c1. The van der Waals surface area contributed by atoms with Crippen LogP contribution in [0.25, 0.3) is 10.1 Å². The van der Waals surface area contributed by atoms with E-state index in [-0.39, 0.29) is 11.0 Å². The molecule has 0 aliphatic rings. The number of aryl methyl sites for hydroxylation is 1. The van der Waals surface area contributed by atoms with Crippen molar-refractivity contribution < 1.29 is 14.0 Å². The van der Waals surface area contributed by atoms with Crippen molar-refractivity contribution in [1.82, 2.24) is 0 Å². The van der Waals surface area contributed by atoms with Crippen molar-refractivity contribution in [3.05, 3.63) is 87.7 Å². The van der Waals surface area contributed by atoms with Crippen LogP contribution in [0.1, 0.15) is 45.7 Å². The normalized spacial score (nSPS) is 12.2. The van der Waals surface area contributed by atoms with Crippen molar-refractivity contribution in [2.45, 2.75) is 52.5 Å². The third kappa shape index (κ3) is 5.23. The number of carbonyl (C=O) groups is 1. The summed E-state index contributed by atoms with van der Waals surface area (Å²) in [6.45, 7) is 11.0. The van der Waals surface area contributed by atoms with Crippen molar-refractivity contribution in [1.29, 1.82) is 0 Å². The Morgan fingerprint density at radius 2 is 1.56 bits per heavy atom. The molecule has 188 valence electrons. The predicted octanol–water partition coefficient (Wildman–Crippen LogP) is 7.27. The summed E-state index contributed by atoms with van der Waals surface area (Å²) >= 11 is 5.49. The summed E-state index contributed by atoms with van der Waals surface area (Å²) in [5, 5.41) is 3.46. The van der Waals surface area contributed by atoms with Gasteiger partial charge in [-0.2, -0.15) is 0 Å². The van der Waals surface area contributed by atoms with E-state index in [0.717, 1.165) is 31.4 Å². The molecule has 36 heavy (non-hydrogen) atoms. The molecule has 0 atom stereocenters. The lowest BCUT2D eigenvalue weighted by molar-refractivity contribution is -0.131. The number of benzene rings is 3. The molecule has 1 heterocycles. The van der Waals surface area contributed by atoms with Crippen LogP contribution in [0.4, 0.5) is 0 Å². The van der Waals surface area contributed by atoms with Gasteiger partial charge in [0.05, 0.1) is 3.79 Å². The summed E-state index contributed by atoms with van der Waals surface area (Å²) < 4.78 is 15.0. The second-order valence-electron chi connectivity index (χ2n) is 10.0. The molecule has 0 unspecified atom stereocenters.